The van der Waals surface area contributed by atoms with Crippen LogP contribution in [0.25, 0.3) is 0 Å². The van der Waals surface area contributed by atoms with Crippen molar-refractivity contribution >= 4 is 5.91 Å². The Morgan fingerprint density at radius 2 is 2.23 bits per heavy atom. The first kappa shape index (κ1) is 15.5. The lowest BCUT2D eigenvalue weighted by Crippen LogP contribution is -2.51. The zero-order valence-electron chi connectivity index (χ0n) is 13.6. The highest BCUT2D eigenvalue weighted by Gasteiger charge is 2.34. The van der Waals surface area contributed by atoms with Crippen LogP contribution in [0, 0.1) is 6.92 Å². The van der Waals surface area contributed by atoms with Crippen molar-refractivity contribution in [1.29, 1.82) is 0 Å². The van der Waals surface area contributed by atoms with Gasteiger partial charge in [0.25, 0.3) is 0 Å². The van der Waals surface area contributed by atoms with Crippen LogP contribution in [0.3, 0.4) is 0 Å². The molecule has 0 saturated carbocycles. The number of nitrogens with zero attached hydrogens (tertiary/aromatic N) is 2. The summed E-state index contributed by atoms with van der Waals surface area (Å²) in [5.74, 6) is 0.292. The molecule has 0 aliphatic carbocycles. The number of amides is 1. The summed E-state index contributed by atoms with van der Waals surface area (Å²) in [5.41, 5.74) is 2.58. The molecule has 0 radical (unpaired) electrons. The standard InChI is InChI=1S/C18H26N2O2/c1-14-5-3-6-16(11-14)13-19-8-4-7-17(19)18(21)20-9-10-22-15(2)12-20/h3,5-6,11,15,17H,4,7-10,12-13H2,1-2H3. The van der Waals surface area contributed by atoms with E-state index in [1.165, 1.54) is 11.1 Å². The van der Waals surface area contributed by atoms with Gasteiger partial charge in [0.2, 0.25) is 5.91 Å². The first-order chi connectivity index (χ1) is 10.6. The third-order valence-electron chi connectivity index (χ3n) is 4.67. The van der Waals surface area contributed by atoms with Gasteiger partial charge >= 0.3 is 0 Å². The van der Waals surface area contributed by atoms with Gasteiger partial charge in [-0.25, -0.2) is 0 Å². The number of carbonyl (C=O) groups is 1. The van der Waals surface area contributed by atoms with Crippen LogP contribution in [-0.2, 0) is 16.1 Å². The first-order valence-corrected chi connectivity index (χ1v) is 8.33. The molecule has 2 heterocycles. The highest BCUT2D eigenvalue weighted by Crippen LogP contribution is 2.23. The summed E-state index contributed by atoms with van der Waals surface area (Å²) in [6.45, 7) is 8.18. The number of ether oxygens (including phenoxy) is 1. The van der Waals surface area contributed by atoms with E-state index >= 15 is 0 Å². The van der Waals surface area contributed by atoms with E-state index < -0.39 is 0 Å². The number of aryl methyl sites for hydroxylation is 1. The largest absolute Gasteiger partial charge is 0.375 e. The van der Waals surface area contributed by atoms with Crippen molar-refractivity contribution in [3.63, 3.8) is 0 Å². The SMILES string of the molecule is Cc1cccc(CN2CCCC2C(=O)N2CCOC(C)C2)c1. The zero-order chi connectivity index (χ0) is 15.5. The molecule has 0 spiro atoms. The molecule has 2 fully saturated rings. The summed E-state index contributed by atoms with van der Waals surface area (Å²) < 4.78 is 5.55. The molecule has 2 unspecified atom stereocenters. The Bertz CT molecular complexity index is 532. The molecule has 0 N–H and O–H groups in total. The van der Waals surface area contributed by atoms with Gasteiger partial charge in [-0.2, -0.15) is 0 Å². The second-order valence-electron chi connectivity index (χ2n) is 6.58. The molecular formula is C18H26N2O2. The number of morpholine rings is 1. The third kappa shape index (κ3) is 3.50. The van der Waals surface area contributed by atoms with Crippen LogP contribution in [0.15, 0.2) is 24.3 Å². The number of hydrogen-bond acceptors (Lipinski definition) is 3. The molecule has 4 heteroatoms. The second kappa shape index (κ2) is 6.80. The van der Waals surface area contributed by atoms with Gasteiger partial charge in [-0.3, -0.25) is 9.69 Å². The van der Waals surface area contributed by atoms with Gasteiger partial charge in [0.1, 0.15) is 0 Å². The normalized spacial score (nSPS) is 26.4. The van der Waals surface area contributed by atoms with Crippen molar-refractivity contribution in [2.45, 2.75) is 45.4 Å². The summed E-state index contributed by atoms with van der Waals surface area (Å²) in [4.78, 5) is 17.2. The van der Waals surface area contributed by atoms with Crippen LogP contribution in [0.1, 0.15) is 30.9 Å². The van der Waals surface area contributed by atoms with E-state index in [0.29, 0.717) is 12.5 Å². The van der Waals surface area contributed by atoms with Crippen LogP contribution in [0.4, 0.5) is 0 Å². The Labute approximate surface area is 133 Å². The fraction of sp³-hybridized carbons (Fsp3) is 0.611. The van der Waals surface area contributed by atoms with Crippen molar-refractivity contribution in [3.8, 4) is 0 Å². The number of hydrogen-bond donors (Lipinski definition) is 0. The third-order valence-corrected chi connectivity index (χ3v) is 4.67. The average Bonchev–Trinajstić information content (AvgIpc) is 2.94. The fourth-order valence-corrected chi connectivity index (χ4v) is 3.57. The second-order valence-corrected chi connectivity index (χ2v) is 6.58. The van der Waals surface area contributed by atoms with Crippen LogP contribution >= 0.6 is 0 Å². The van der Waals surface area contributed by atoms with Crippen molar-refractivity contribution in [3.05, 3.63) is 35.4 Å². The lowest BCUT2D eigenvalue weighted by Gasteiger charge is -2.35. The van der Waals surface area contributed by atoms with Crippen molar-refractivity contribution in [2.24, 2.45) is 0 Å². The average molecular weight is 302 g/mol. The molecule has 4 nitrogen and oxygen atoms in total. The number of rotatable bonds is 3. The zero-order valence-corrected chi connectivity index (χ0v) is 13.6. The molecule has 2 aliphatic rings. The molecule has 1 aromatic rings. The summed E-state index contributed by atoms with van der Waals surface area (Å²) in [5, 5.41) is 0. The van der Waals surface area contributed by atoms with Gasteiger partial charge in [-0.05, 0) is 38.8 Å². The van der Waals surface area contributed by atoms with E-state index in [0.717, 1.165) is 39.0 Å². The highest BCUT2D eigenvalue weighted by molar-refractivity contribution is 5.82. The highest BCUT2D eigenvalue weighted by atomic mass is 16.5. The molecule has 0 bridgehead atoms. The van der Waals surface area contributed by atoms with E-state index in [1.807, 2.05) is 11.8 Å². The minimum atomic E-state index is 0.0470. The van der Waals surface area contributed by atoms with Crippen molar-refractivity contribution in [2.75, 3.05) is 26.2 Å². The maximum Gasteiger partial charge on any atom is 0.240 e. The molecular weight excluding hydrogens is 276 g/mol. The minimum absolute atomic E-state index is 0.0470. The lowest BCUT2D eigenvalue weighted by atomic mass is 10.1. The summed E-state index contributed by atoms with van der Waals surface area (Å²) >= 11 is 0. The number of carbonyl (C=O) groups excluding carboxylic acids is 1. The molecule has 22 heavy (non-hydrogen) atoms. The van der Waals surface area contributed by atoms with Gasteiger partial charge in [0.05, 0.1) is 18.8 Å². The van der Waals surface area contributed by atoms with E-state index in [-0.39, 0.29) is 12.1 Å². The maximum absolute atomic E-state index is 12.8. The van der Waals surface area contributed by atoms with Gasteiger partial charge in [0, 0.05) is 19.6 Å². The van der Waals surface area contributed by atoms with Gasteiger partial charge in [-0.15, -0.1) is 0 Å². The Kier molecular flexibility index (Phi) is 4.79. The van der Waals surface area contributed by atoms with Gasteiger partial charge in [-0.1, -0.05) is 29.8 Å². The van der Waals surface area contributed by atoms with E-state index in [2.05, 4.69) is 36.1 Å². The molecule has 2 atom stereocenters. The Balaban J connectivity index is 1.66. The monoisotopic (exact) mass is 302 g/mol. The van der Waals surface area contributed by atoms with Crippen LogP contribution in [0.5, 0.6) is 0 Å². The van der Waals surface area contributed by atoms with Crippen molar-refractivity contribution < 1.29 is 9.53 Å². The van der Waals surface area contributed by atoms with Crippen molar-refractivity contribution in [1.82, 2.24) is 9.80 Å². The first-order valence-electron chi connectivity index (χ1n) is 8.33. The topological polar surface area (TPSA) is 32.8 Å². The molecule has 0 aromatic heterocycles. The minimum Gasteiger partial charge on any atom is -0.375 e. The molecule has 2 aliphatic heterocycles. The number of benzene rings is 1. The van der Waals surface area contributed by atoms with E-state index in [1.54, 1.807) is 0 Å². The van der Waals surface area contributed by atoms with Crippen LogP contribution < -0.4 is 0 Å². The Morgan fingerprint density at radius 1 is 1.36 bits per heavy atom. The van der Waals surface area contributed by atoms with Gasteiger partial charge < -0.3 is 9.64 Å². The summed E-state index contributed by atoms with van der Waals surface area (Å²) in [6, 6.07) is 8.64. The predicted octanol–water partition coefficient (Wildman–Crippen LogP) is 2.21. The molecule has 3 rings (SSSR count). The maximum atomic E-state index is 12.8. The predicted molar refractivity (Wildman–Crippen MR) is 86.6 cm³/mol. The molecule has 2 saturated heterocycles. The van der Waals surface area contributed by atoms with E-state index in [9.17, 15) is 4.79 Å². The fourth-order valence-electron chi connectivity index (χ4n) is 3.57. The molecule has 1 amide bonds. The lowest BCUT2D eigenvalue weighted by molar-refractivity contribution is -0.143. The van der Waals surface area contributed by atoms with Gasteiger partial charge in [0.15, 0.2) is 0 Å². The smallest absolute Gasteiger partial charge is 0.240 e. The molecule has 1 aromatic carbocycles. The Hall–Kier alpha value is -1.39. The summed E-state index contributed by atoms with van der Waals surface area (Å²) in [7, 11) is 0. The quantitative estimate of drug-likeness (QED) is 0.858. The molecule has 120 valence electrons. The van der Waals surface area contributed by atoms with Crippen LogP contribution in [-0.4, -0.2) is 54.1 Å². The van der Waals surface area contributed by atoms with Crippen LogP contribution in [0.2, 0.25) is 0 Å². The summed E-state index contributed by atoms with van der Waals surface area (Å²) in [6.07, 6.45) is 2.25. The van der Waals surface area contributed by atoms with E-state index in [4.69, 9.17) is 4.74 Å². The number of likely N-dealkylation sites (tertiary alicyclic amines) is 1. The Morgan fingerprint density at radius 3 is 3.00 bits per heavy atom.